The standard InChI is InChI=1S/C21H24F2N/c1-4-8-17-14(3)11-15-12-16(22)13-18(23)21(15)20-9-6-7-10-24(20)19(17)5-2/h6-7,9-10,12-13,17,19H,3-5,8,11H2,1-2H3/q+1. The van der Waals surface area contributed by atoms with E-state index in [4.69, 9.17) is 0 Å². The van der Waals surface area contributed by atoms with E-state index < -0.39 is 11.6 Å². The Morgan fingerprint density at radius 2 is 2.00 bits per heavy atom. The molecule has 0 fully saturated rings. The van der Waals surface area contributed by atoms with E-state index in [1.165, 1.54) is 6.07 Å². The summed E-state index contributed by atoms with van der Waals surface area (Å²) in [5.74, 6) is -0.714. The number of rotatable bonds is 3. The molecule has 0 aliphatic carbocycles. The Labute approximate surface area is 142 Å². The van der Waals surface area contributed by atoms with Crippen LogP contribution in [0.3, 0.4) is 0 Å². The molecule has 1 aromatic carbocycles. The fourth-order valence-electron chi connectivity index (χ4n) is 4.04. The van der Waals surface area contributed by atoms with Crippen molar-refractivity contribution in [1.82, 2.24) is 0 Å². The highest BCUT2D eigenvalue weighted by Crippen LogP contribution is 2.37. The maximum atomic E-state index is 14.6. The van der Waals surface area contributed by atoms with Crippen LogP contribution in [0.5, 0.6) is 0 Å². The van der Waals surface area contributed by atoms with Crippen LogP contribution in [0.2, 0.25) is 0 Å². The molecule has 3 heteroatoms. The molecule has 0 saturated carbocycles. The normalized spacial score (nSPS) is 20.1. The number of fused-ring (bicyclic) bond motifs is 3. The molecule has 1 aromatic heterocycles. The summed E-state index contributed by atoms with van der Waals surface area (Å²) < 4.78 is 30.6. The molecule has 2 heterocycles. The Bertz CT molecular complexity index is 766. The van der Waals surface area contributed by atoms with E-state index in [0.717, 1.165) is 36.6 Å². The highest BCUT2D eigenvalue weighted by molar-refractivity contribution is 5.63. The summed E-state index contributed by atoms with van der Waals surface area (Å²) in [5.41, 5.74) is 3.09. The van der Waals surface area contributed by atoms with Crippen LogP contribution in [-0.2, 0) is 6.42 Å². The summed E-state index contributed by atoms with van der Waals surface area (Å²) in [6.07, 6.45) is 5.58. The van der Waals surface area contributed by atoms with Gasteiger partial charge in [0.25, 0.3) is 0 Å². The highest BCUT2D eigenvalue weighted by atomic mass is 19.1. The minimum absolute atomic E-state index is 0.242. The Kier molecular flexibility index (Phi) is 4.79. The zero-order valence-electron chi connectivity index (χ0n) is 14.4. The lowest BCUT2D eigenvalue weighted by Gasteiger charge is -2.28. The van der Waals surface area contributed by atoms with E-state index in [1.807, 2.05) is 24.4 Å². The van der Waals surface area contributed by atoms with E-state index in [9.17, 15) is 8.78 Å². The van der Waals surface area contributed by atoms with Gasteiger partial charge < -0.3 is 0 Å². The van der Waals surface area contributed by atoms with E-state index in [1.54, 1.807) is 0 Å². The number of nitrogens with zero attached hydrogens (tertiary/aromatic N) is 1. The highest BCUT2D eigenvalue weighted by Gasteiger charge is 2.35. The van der Waals surface area contributed by atoms with Gasteiger partial charge in [-0.1, -0.05) is 32.4 Å². The third-order valence-electron chi connectivity index (χ3n) is 5.06. The van der Waals surface area contributed by atoms with Crippen LogP contribution in [0.1, 0.15) is 44.7 Å². The van der Waals surface area contributed by atoms with Crippen LogP contribution in [0.15, 0.2) is 48.7 Å². The molecule has 2 unspecified atom stereocenters. The van der Waals surface area contributed by atoms with Crippen molar-refractivity contribution in [2.24, 2.45) is 5.92 Å². The lowest BCUT2D eigenvalue weighted by Crippen LogP contribution is -2.46. The Morgan fingerprint density at radius 1 is 1.21 bits per heavy atom. The Morgan fingerprint density at radius 3 is 2.71 bits per heavy atom. The fourth-order valence-corrected chi connectivity index (χ4v) is 4.04. The van der Waals surface area contributed by atoms with Crippen molar-refractivity contribution in [2.45, 2.75) is 45.6 Å². The Hall–Kier alpha value is -2.03. The molecule has 3 rings (SSSR count). The molecule has 1 nitrogen and oxygen atoms in total. The molecule has 1 aliphatic heterocycles. The van der Waals surface area contributed by atoms with Crippen LogP contribution in [-0.4, -0.2) is 0 Å². The molecule has 126 valence electrons. The predicted octanol–water partition coefficient (Wildman–Crippen LogP) is 5.40. The number of hydrogen-bond acceptors (Lipinski definition) is 0. The average molecular weight is 328 g/mol. The van der Waals surface area contributed by atoms with Gasteiger partial charge in [0.1, 0.15) is 11.6 Å². The summed E-state index contributed by atoms with van der Waals surface area (Å²) >= 11 is 0. The number of benzene rings is 1. The van der Waals surface area contributed by atoms with Crippen LogP contribution >= 0.6 is 0 Å². The van der Waals surface area contributed by atoms with Gasteiger partial charge in [-0.25, -0.2) is 8.78 Å². The zero-order chi connectivity index (χ0) is 17.3. The number of hydrogen-bond donors (Lipinski definition) is 0. The number of pyridine rings is 1. The van der Waals surface area contributed by atoms with Crippen molar-refractivity contribution < 1.29 is 13.3 Å². The van der Waals surface area contributed by atoms with Crippen molar-refractivity contribution in [3.05, 3.63) is 65.9 Å². The first-order valence-corrected chi connectivity index (χ1v) is 8.72. The van der Waals surface area contributed by atoms with Gasteiger partial charge in [0.05, 0.1) is 5.56 Å². The predicted molar refractivity (Wildman–Crippen MR) is 92.6 cm³/mol. The van der Waals surface area contributed by atoms with Gasteiger partial charge in [-0.3, -0.25) is 0 Å². The summed E-state index contributed by atoms with van der Waals surface area (Å²) in [7, 11) is 0. The van der Waals surface area contributed by atoms with Crippen LogP contribution in [0.4, 0.5) is 8.78 Å². The molecule has 2 atom stereocenters. The molecule has 0 spiro atoms. The Balaban J connectivity index is 2.29. The molecule has 0 amide bonds. The first-order valence-electron chi connectivity index (χ1n) is 8.72. The minimum atomic E-state index is -0.527. The third-order valence-corrected chi connectivity index (χ3v) is 5.06. The molecule has 2 aromatic rings. The fraction of sp³-hybridized carbons (Fsp3) is 0.381. The van der Waals surface area contributed by atoms with Crippen LogP contribution in [0.25, 0.3) is 11.3 Å². The lowest BCUT2D eigenvalue weighted by atomic mass is 9.80. The average Bonchev–Trinajstić information content (AvgIpc) is 2.54. The largest absolute Gasteiger partial charge is 0.216 e. The first kappa shape index (κ1) is 16.8. The molecule has 24 heavy (non-hydrogen) atoms. The van der Waals surface area contributed by atoms with Gasteiger partial charge in [-0.15, -0.1) is 0 Å². The number of aromatic nitrogens is 1. The third kappa shape index (κ3) is 2.88. The maximum Gasteiger partial charge on any atom is 0.216 e. The van der Waals surface area contributed by atoms with Gasteiger partial charge in [-0.2, -0.15) is 4.57 Å². The van der Waals surface area contributed by atoms with Crippen molar-refractivity contribution in [3.8, 4) is 11.3 Å². The van der Waals surface area contributed by atoms with E-state index >= 15 is 0 Å². The van der Waals surface area contributed by atoms with Crippen molar-refractivity contribution >= 4 is 0 Å². The first-order chi connectivity index (χ1) is 11.6. The van der Waals surface area contributed by atoms with Crippen molar-refractivity contribution in [2.75, 3.05) is 0 Å². The lowest BCUT2D eigenvalue weighted by molar-refractivity contribution is -0.719. The number of halogens is 2. The zero-order valence-corrected chi connectivity index (χ0v) is 14.4. The maximum absolute atomic E-state index is 14.6. The van der Waals surface area contributed by atoms with Crippen molar-refractivity contribution in [1.29, 1.82) is 0 Å². The monoisotopic (exact) mass is 328 g/mol. The SMILES string of the molecule is C=C1Cc2cc(F)cc(F)c2-c2cccc[n+]2C(CC)C1CCC. The van der Waals surface area contributed by atoms with Crippen molar-refractivity contribution in [3.63, 3.8) is 0 Å². The number of allylic oxidation sites excluding steroid dienone is 1. The van der Waals surface area contributed by atoms with Crippen LogP contribution < -0.4 is 4.57 Å². The second-order valence-corrected chi connectivity index (χ2v) is 6.62. The van der Waals surface area contributed by atoms with Crippen LogP contribution in [0, 0.1) is 17.6 Å². The second-order valence-electron chi connectivity index (χ2n) is 6.62. The van der Waals surface area contributed by atoms with Gasteiger partial charge in [0, 0.05) is 30.5 Å². The second kappa shape index (κ2) is 6.84. The summed E-state index contributed by atoms with van der Waals surface area (Å²) in [6, 6.07) is 8.49. The van der Waals surface area contributed by atoms with Gasteiger partial charge in [-0.05, 0) is 30.5 Å². The molecular formula is C21H24F2N+. The van der Waals surface area contributed by atoms with Gasteiger partial charge in [0.15, 0.2) is 12.2 Å². The van der Waals surface area contributed by atoms with E-state index in [-0.39, 0.29) is 6.04 Å². The molecule has 0 radical (unpaired) electrons. The quantitative estimate of drug-likeness (QED) is 0.525. The smallest absolute Gasteiger partial charge is 0.207 e. The summed E-state index contributed by atoms with van der Waals surface area (Å²) in [4.78, 5) is 0. The molecular weight excluding hydrogens is 304 g/mol. The molecule has 0 bridgehead atoms. The summed E-state index contributed by atoms with van der Waals surface area (Å²) in [5, 5.41) is 0. The van der Waals surface area contributed by atoms with E-state index in [0.29, 0.717) is 23.5 Å². The van der Waals surface area contributed by atoms with E-state index in [2.05, 4.69) is 25.0 Å². The topological polar surface area (TPSA) is 3.88 Å². The molecule has 0 saturated heterocycles. The van der Waals surface area contributed by atoms with Gasteiger partial charge in [0.2, 0.25) is 5.69 Å². The summed E-state index contributed by atoms with van der Waals surface area (Å²) in [6.45, 7) is 8.62. The molecule has 1 aliphatic rings. The molecule has 0 N–H and O–H groups in total. The van der Waals surface area contributed by atoms with Gasteiger partial charge >= 0.3 is 0 Å². The minimum Gasteiger partial charge on any atom is -0.207 e.